The Kier molecular flexibility index (Phi) is 3.60. The van der Waals surface area contributed by atoms with E-state index < -0.39 is 5.97 Å². The molecule has 0 amide bonds. The van der Waals surface area contributed by atoms with Crippen LogP contribution in [-0.2, 0) is 0 Å². The Hall–Kier alpha value is -1.65. The summed E-state index contributed by atoms with van der Waals surface area (Å²) in [5.74, 6) is -0.201. The van der Waals surface area contributed by atoms with Crippen molar-refractivity contribution in [2.24, 2.45) is 0 Å². The van der Waals surface area contributed by atoms with Crippen molar-refractivity contribution < 1.29 is 14.6 Å². The maximum atomic E-state index is 10.8. The lowest BCUT2D eigenvalue weighted by Gasteiger charge is -2.08. The summed E-state index contributed by atoms with van der Waals surface area (Å²) in [6.45, 7) is 6.04. The molecule has 1 aromatic rings. The number of carbonyl (C=O) groups is 1. The van der Waals surface area contributed by atoms with Crippen molar-refractivity contribution in [1.82, 2.24) is 9.97 Å². The molecule has 0 aliphatic rings. The molecule has 5 heteroatoms. The monoisotopic (exact) mass is 210 g/mol. The molecule has 15 heavy (non-hydrogen) atoms. The van der Waals surface area contributed by atoms with Crippen LogP contribution in [0.1, 0.15) is 42.9 Å². The van der Waals surface area contributed by atoms with E-state index in [4.69, 9.17) is 9.84 Å². The first-order valence-electron chi connectivity index (χ1n) is 4.79. The number of hydrogen-bond acceptors (Lipinski definition) is 4. The zero-order valence-corrected chi connectivity index (χ0v) is 9.02. The molecule has 0 radical (unpaired) electrons. The fraction of sp³-hybridized carbons (Fsp3) is 0.500. The largest absolute Gasteiger partial charge is 0.477 e. The molecule has 0 saturated heterocycles. The van der Waals surface area contributed by atoms with Crippen molar-refractivity contribution in [3.63, 3.8) is 0 Å². The van der Waals surface area contributed by atoms with Gasteiger partial charge < -0.3 is 9.84 Å². The topological polar surface area (TPSA) is 72.3 Å². The number of carboxylic acid groups (broad SMARTS) is 1. The number of hydrogen-bond donors (Lipinski definition) is 1. The van der Waals surface area contributed by atoms with Crippen LogP contribution >= 0.6 is 0 Å². The third-order valence-electron chi connectivity index (χ3n) is 1.80. The highest BCUT2D eigenvalue weighted by molar-refractivity contribution is 5.89. The second-order valence-electron chi connectivity index (χ2n) is 3.34. The van der Waals surface area contributed by atoms with Crippen molar-refractivity contribution in [2.75, 3.05) is 6.61 Å². The van der Waals surface area contributed by atoms with Gasteiger partial charge in [-0.3, -0.25) is 0 Å². The van der Waals surface area contributed by atoms with Gasteiger partial charge in [0, 0.05) is 12.1 Å². The van der Waals surface area contributed by atoms with Crippen LogP contribution in [0, 0.1) is 0 Å². The molecule has 1 N–H and O–H groups in total. The van der Waals surface area contributed by atoms with Gasteiger partial charge in [-0.1, -0.05) is 13.8 Å². The molecule has 1 heterocycles. The first kappa shape index (κ1) is 11.4. The van der Waals surface area contributed by atoms with E-state index in [1.165, 1.54) is 6.20 Å². The van der Waals surface area contributed by atoms with Crippen LogP contribution < -0.4 is 4.74 Å². The number of aromatic carboxylic acids is 1. The van der Waals surface area contributed by atoms with Gasteiger partial charge >= 0.3 is 5.97 Å². The lowest BCUT2D eigenvalue weighted by Crippen LogP contribution is -2.09. The van der Waals surface area contributed by atoms with Crippen LogP contribution in [0.25, 0.3) is 0 Å². The standard InChI is InChI=1S/C10H14N2O3/c1-4-15-9-7(10(13)14)5-11-8(12-9)6(2)3/h5-6H,4H2,1-3H3,(H,13,14). The molecule has 0 atom stereocenters. The minimum Gasteiger partial charge on any atom is -0.477 e. The molecule has 1 aromatic heterocycles. The van der Waals surface area contributed by atoms with Gasteiger partial charge in [-0.25, -0.2) is 9.78 Å². The van der Waals surface area contributed by atoms with Gasteiger partial charge in [0.1, 0.15) is 11.4 Å². The molecular formula is C10H14N2O3. The number of rotatable bonds is 4. The van der Waals surface area contributed by atoms with Crippen LogP contribution in [0.3, 0.4) is 0 Å². The van der Waals surface area contributed by atoms with Gasteiger partial charge in [0.15, 0.2) is 0 Å². The van der Waals surface area contributed by atoms with Crippen LogP contribution in [0.4, 0.5) is 0 Å². The van der Waals surface area contributed by atoms with Gasteiger partial charge in [0.2, 0.25) is 5.88 Å². The molecule has 0 fully saturated rings. The highest BCUT2D eigenvalue weighted by Crippen LogP contribution is 2.18. The molecule has 0 saturated carbocycles. The number of aromatic nitrogens is 2. The Labute approximate surface area is 88.1 Å². The number of nitrogens with zero attached hydrogens (tertiary/aromatic N) is 2. The summed E-state index contributed by atoms with van der Waals surface area (Å²) in [5, 5.41) is 8.86. The molecular weight excluding hydrogens is 196 g/mol. The van der Waals surface area contributed by atoms with Crippen LogP contribution in [0.5, 0.6) is 5.88 Å². The van der Waals surface area contributed by atoms with E-state index in [1.54, 1.807) is 6.92 Å². The lowest BCUT2D eigenvalue weighted by molar-refractivity contribution is 0.0690. The van der Waals surface area contributed by atoms with Gasteiger partial charge in [0.25, 0.3) is 0 Å². The molecule has 0 bridgehead atoms. The summed E-state index contributed by atoms with van der Waals surface area (Å²) in [5.41, 5.74) is 0.00116. The summed E-state index contributed by atoms with van der Waals surface area (Å²) in [6.07, 6.45) is 1.29. The zero-order valence-electron chi connectivity index (χ0n) is 9.02. The summed E-state index contributed by atoms with van der Waals surface area (Å²) >= 11 is 0. The summed E-state index contributed by atoms with van der Waals surface area (Å²) < 4.78 is 5.16. The second kappa shape index (κ2) is 4.72. The average Bonchev–Trinajstić information content (AvgIpc) is 2.17. The normalized spacial score (nSPS) is 10.4. The SMILES string of the molecule is CCOc1nc(C(C)C)ncc1C(=O)O. The van der Waals surface area contributed by atoms with Gasteiger partial charge in [-0.2, -0.15) is 4.98 Å². The lowest BCUT2D eigenvalue weighted by atomic mass is 10.2. The highest BCUT2D eigenvalue weighted by atomic mass is 16.5. The Morgan fingerprint density at radius 3 is 2.73 bits per heavy atom. The molecule has 82 valence electrons. The van der Waals surface area contributed by atoms with Crippen molar-refractivity contribution in [3.05, 3.63) is 17.6 Å². The van der Waals surface area contributed by atoms with Gasteiger partial charge in [-0.15, -0.1) is 0 Å². The zero-order chi connectivity index (χ0) is 11.4. The van der Waals surface area contributed by atoms with Crippen molar-refractivity contribution in [2.45, 2.75) is 26.7 Å². The Morgan fingerprint density at radius 1 is 1.60 bits per heavy atom. The Bertz CT molecular complexity index is 364. The summed E-state index contributed by atoms with van der Waals surface area (Å²) in [4.78, 5) is 18.9. The summed E-state index contributed by atoms with van der Waals surface area (Å²) in [6, 6.07) is 0. The fourth-order valence-electron chi connectivity index (χ4n) is 1.05. The van der Waals surface area contributed by atoms with E-state index in [1.807, 2.05) is 13.8 Å². The molecule has 0 aliphatic carbocycles. The van der Waals surface area contributed by atoms with Crippen LogP contribution in [-0.4, -0.2) is 27.7 Å². The van der Waals surface area contributed by atoms with Gasteiger partial charge in [-0.05, 0) is 6.92 Å². The molecule has 0 unspecified atom stereocenters. The maximum absolute atomic E-state index is 10.8. The Morgan fingerprint density at radius 2 is 2.27 bits per heavy atom. The number of carboxylic acids is 1. The predicted octanol–water partition coefficient (Wildman–Crippen LogP) is 1.70. The maximum Gasteiger partial charge on any atom is 0.342 e. The molecule has 0 aromatic carbocycles. The van der Waals surface area contributed by atoms with E-state index in [0.717, 1.165) is 0 Å². The first-order chi connectivity index (χ1) is 7.06. The fourth-order valence-corrected chi connectivity index (χ4v) is 1.05. The van der Waals surface area contributed by atoms with E-state index >= 15 is 0 Å². The number of ether oxygens (including phenoxy) is 1. The molecule has 5 nitrogen and oxygen atoms in total. The van der Waals surface area contributed by atoms with Crippen molar-refractivity contribution in [3.8, 4) is 5.88 Å². The molecule has 1 rings (SSSR count). The van der Waals surface area contributed by atoms with Crippen molar-refractivity contribution in [1.29, 1.82) is 0 Å². The smallest absolute Gasteiger partial charge is 0.342 e. The Balaban J connectivity index is 3.14. The van der Waals surface area contributed by atoms with Crippen LogP contribution in [0.2, 0.25) is 0 Å². The van der Waals surface area contributed by atoms with E-state index in [0.29, 0.717) is 12.4 Å². The van der Waals surface area contributed by atoms with Crippen molar-refractivity contribution >= 4 is 5.97 Å². The third-order valence-corrected chi connectivity index (χ3v) is 1.80. The van der Waals surface area contributed by atoms with E-state index in [9.17, 15) is 4.79 Å². The third kappa shape index (κ3) is 2.65. The van der Waals surface area contributed by atoms with E-state index in [2.05, 4.69) is 9.97 Å². The molecule has 0 spiro atoms. The summed E-state index contributed by atoms with van der Waals surface area (Å²) in [7, 11) is 0. The quantitative estimate of drug-likeness (QED) is 0.818. The minimum atomic E-state index is -1.08. The molecule has 0 aliphatic heterocycles. The predicted molar refractivity (Wildman–Crippen MR) is 54.2 cm³/mol. The second-order valence-corrected chi connectivity index (χ2v) is 3.34. The first-order valence-corrected chi connectivity index (χ1v) is 4.79. The average molecular weight is 210 g/mol. The van der Waals surface area contributed by atoms with E-state index in [-0.39, 0.29) is 17.4 Å². The van der Waals surface area contributed by atoms with Gasteiger partial charge in [0.05, 0.1) is 6.61 Å². The minimum absolute atomic E-state index is 0.00116. The highest BCUT2D eigenvalue weighted by Gasteiger charge is 2.15. The van der Waals surface area contributed by atoms with Crippen LogP contribution in [0.15, 0.2) is 6.20 Å².